The van der Waals surface area contributed by atoms with Crippen LogP contribution in [0.15, 0.2) is 22.7 Å². The Morgan fingerprint density at radius 2 is 2.03 bits per heavy atom. The highest BCUT2D eigenvalue weighted by Gasteiger charge is 2.70. The lowest BCUT2D eigenvalue weighted by atomic mass is 9.68. The molecule has 6 aliphatic rings. The van der Waals surface area contributed by atoms with Gasteiger partial charge in [-0.2, -0.15) is 0 Å². The minimum atomic E-state index is -0.302. The van der Waals surface area contributed by atoms with Crippen LogP contribution in [-0.2, 0) is 14.9 Å². The highest BCUT2D eigenvalue weighted by atomic mass is 16.5. The van der Waals surface area contributed by atoms with Crippen LogP contribution in [-0.4, -0.2) is 71.1 Å². The molecule has 0 amide bonds. The molecule has 5 fully saturated rings. The maximum atomic E-state index is 6.46. The van der Waals surface area contributed by atoms with Gasteiger partial charge in [-0.25, -0.2) is 4.99 Å². The summed E-state index contributed by atoms with van der Waals surface area (Å²) in [6.45, 7) is 2.39. The third-order valence-electron chi connectivity index (χ3n) is 8.05. The fourth-order valence-corrected chi connectivity index (χ4v) is 6.91. The number of nitrogens with zero attached hydrogens (tertiary/aromatic N) is 2. The van der Waals surface area contributed by atoms with Crippen LogP contribution >= 0.6 is 0 Å². The largest absolute Gasteiger partial charge is 0.494 e. The third kappa shape index (κ3) is 2.05. The first kappa shape index (κ1) is 18.5. The second-order valence-electron chi connectivity index (χ2n) is 8.94. The van der Waals surface area contributed by atoms with Gasteiger partial charge in [0.25, 0.3) is 0 Å². The maximum Gasteiger partial charge on any atom is 0.201 e. The predicted octanol–water partition coefficient (Wildman–Crippen LogP) is 2.69. The van der Waals surface area contributed by atoms with Crippen molar-refractivity contribution in [1.82, 2.24) is 4.90 Å². The zero-order valence-corrected chi connectivity index (χ0v) is 17.9. The first-order valence-electron chi connectivity index (χ1n) is 10.7. The molecule has 2 unspecified atom stereocenters. The second-order valence-corrected chi connectivity index (χ2v) is 8.94. The lowest BCUT2D eigenvalue weighted by Gasteiger charge is -2.54. The number of hydrogen-bond acceptors (Lipinski definition) is 7. The van der Waals surface area contributed by atoms with Crippen LogP contribution in [0, 0.1) is 11.8 Å². The molecular formula is C23H28N2O5. The van der Waals surface area contributed by atoms with Crippen LogP contribution in [0.1, 0.15) is 18.4 Å². The van der Waals surface area contributed by atoms with Gasteiger partial charge in [0.2, 0.25) is 5.90 Å². The Morgan fingerprint density at radius 3 is 2.77 bits per heavy atom. The number of ether oxygens (including phenoxy) is 5. The van der Waals surface area contributed by atoms with Crippen LogP contribution in [0.4, 0.5) is 5.69 Å². The van der Waals surface area contributed by atoms with E-state index in [9.17, 15) is 0 Å². The van der Waals surface area contributed by atoms with Crippen molar-refractivity contribution >= 4 is 11.6 Å². The molecule has 6 atom stereocenters. The smallest absolute Gasteiger partial charge is 0.201 e. The molecule has 5 saturated heterocycles. The van der Waals surface area contributed by atoms with Crippen LogP contribution in [0.2, 0.25) is 0 Å². The van der Waals surface area contributed by atoms with E-state index in [4.69, 9.17) is 28.7 Å². The Hall–Kier alpha value is -2.25. The van der Waals surface area contributed by atoms with Gasteiger partial charge in [-0.05, 0) is 18.8 Å². The van der Waals surface area contributed by atoms with Crippen molar-refractivity contribution in [3.63, 3.8) is 0 Å². The summed E-state index contributed by atoms with van der Waals surface area (Å²) < 4.78 is 29.1. The van der Waals surface area contributed by atoms with Crippen LogP contribution in [0.3, 0.4) is 0 Å². The Morgan fingerprint density at radius 1 is 1.20 bits per heavy atom. The van der Waals surface area contributed by atoms with Crippen molar-refractivity contribution in [3.05, 3.63) is 23.3 Å². The summed E-state index contributed by atoms with van der Waals surface area (Å²) in [5.41, 5.74) is 3.12. The summed E-state index contributed by atoms with van der Waals surface area (Å²) in [6.07, 6.45) is 4.40. The highest BCUT2D eigenvalue weighted by Crippen LogP contribution is 2.66. The molecule has 1 spiro atoms. The van der Waals surface area contributed by atoms with Gasteiger partial charge in [0, 0.05) is 43.3 Å². The fraction of sp³-hybridized carbons (Fsp3) is 0.609. The number of rotatable bonds is 5. The summed E-state index contributed by atoms with van der Waals surface area (Å²) in [6, 6.07) is 2.70. The van der Waals surface area contributed by atoms with Crippen molar-refractivity contribution < 1.29 is 23.7 Å². The summed E-state index contributed by atoms with van der Waals surface area (Å²) in [4.78, 5) is 7.70. The zero-order chi connectivity index (χ0) is 20.6. The zero-order valence-electron chi connectivity index (χ0n) is 17.9. The van der Waals surface area contributed by atoms with Gasteiger partial charge >= 0.3 is 0 Å². The molecule has 0 N–H and O–H groups in total. The molecule has 6 heterocycles. The quantitative estimate of drug-likeness (QED) is 0.693. The molecule has 0 radical (unpaired) electrons. The summed E-state index contributed by atoms with van der Waals surface area (Å²) in [5, 5.41) is 0. The van der Waals surface area contributed by atoms with Gasteiger partial charge in [0.05, 0.1) is 40.0 Å². The molecule has 0 saturated carbocycles. The number of hydrogen-bond donors (Lipinski definition) is 0. The van der Waals surface area contributed by atoms with E-state index in [1.165, 1.54) is 5.57 Å². The van der Waals surface area contributed by atoms with E-state index < -0.39 is 0 Å². The first-order valence-corrected chi connectivity index (χ1v) is 10.7. The van der Waals surface area contributed by atoms with Gasteiger partial charge in [0.15, 0.2) is 11.5 Å². The maximum absolute atomic E-state index is 6.46. The molecule has 1 aromatic rings. The minimum absolute atomic E-state index is 0.302. The summed E-state index contributed by atoms with van der Waals surface area (Å²) in [7, 11) is 6.81. The van der Waals surface area contributed by atoms with E-state index in [1.54, 1.807) is 28.4 Å². The van der Waals surface area contributed by atoms with Crippen LogP contribution < -0.4 is 14.2 Å². The second kappa shape index (κ2) is 6.37. The van der Waals surface area contributed by atoms with E-state index in [1.807, 2.05) is 6.07 Å². The molecule has 30 heavy (non-hydrogen) atoms. The average molecular weight is 412 g/mol. The van der Waals surface area contributed by atoms with E-state index in [2.05, 4.69) is 11.0 Å². The molecule has 0 aliphatic carbocycles. The molecule has 1 aromatic carbocycles. The molecule has 7 nitrogen and oxygen atoms in total. The SMILES string of the molecule is COC/C=C1/CN2[C@H]3C[C@H]1C1COC4=Nc5c(OC)cc(OC)c(OC)c5[C@]43C[C@@H]12. The molecule has 0 aromatic heterocycles. The molecule has 7 rings (SSSR count). The van der Waals surface area contributed by atoms with E-state index >= 15 is 0 Å². The van der Waals surface area contributed by atoms with Crippen molar-refractivity contribution in [2.45, 2.75) is 30.3 Å². The van der Waals surface area contributed by atoms with Crippen molar-refractivity contribution in [2.24, 2.45) is 16.8 Å². The highest BCUT2D eigenvalue weighted by molar-refractivity contribution is 6.01. The van der Waals surface area contributed by atoms with Gasteiger partial charge in [-0.1, -0.05) is 11.6 Å². The number of methoxy groups -OCH3 is 4. The molecule has 6 aliphatic heterocycles. The monoisotopic (exact) mass is 412 g/mol. The normalized spacial score (nSPS) is 38.1. The minimum Gasteiger partial charge on any atom is -0.494 e. The molecular weight excluding hydrogens is 384 g/mol. The predicted molar refractivity (Wildman–Crippen MR) is 111 cm³/mol. The van der Waals surface area contributed by atoms with Gasteiger partial charge < -0.3 is 23.7 Å². The molecule has 160 valence electrons. The van der Waals surface area contributed by atoms with Crippen LogP contribution in [0.5, 0.6) is 17.2 Å². The Balaban J connectivity index is 1.54. The van der Waals surface area contributed by atoms with Crippen molar-refractivity contribution in [1.29, 1.82) is 0 Å². The van der Waals surface area contributed by atoms with Crippen molar-refractivity contribution in [2.75, 3.05) is 48.2 Å². The Labute approximate surface area is 176 Å². The summed E-state index contributed by atoms with van der Waals surface area (Å²) in [5.74, 6) is 4.03. The number of fused-ring (bicyclic) bond motifs is 2. The lowest BCUT2D eigenvalue weighted by molar-refractivity contribution is -0.0156. The van der Waals surface area contributed by atoms with Gasteiger partial charge in [-0.3, -0.25) is 4.90 Å². The van der Waals surface area contributed by atoms with Gasteiger partial charge in [0.1, 0.15) is 11.4 Å². The Kier molecular flexibility index (Phi) is 3.93. The Bertz CT molecular complexity index is 973. The van der Waals surface area contributed by atoms with Crippen LogP contribution in [0.25, 0.3) is 0 Å². The van der Waals surface area contributed by atoms with Crippen molar-refractivity contribution in [3.8, 4) is 17.2 Å². The number of benzene rings is 1. The average Bonchev–Trinajstić information content (AvgIpc) is 3.14. The van der Waals surface area contributed by atoms with E-state index in [-0.39, 0.29) is 5.41 Å². The van der Waals surface area contributed by atoms with E-state index in [0.717, 1.165) is 42.3 Å². The topological polar surface area (TPSA) is 61.8 Å². The standard InChI is InChI=1S/C23H28N2O5/c1-26-6-5-12-10-25-15-9-23-18(25)7-13(12)14(15)11-30-22(23)24-20-16(27-2)8-17(28-3)21(29-4)19(20)23/h5,8,13-15,18H,6-7,9-11H2,1-4H3/b12-5-/t13-,14?,15+,18+,23-/m1/s1. The number of aliphatic imine (C=N–C) groups is 1. The lowest BCUT2D eigenvalue weighted by Crippen LogP contribution is -2.61. The molecule has 7 heteroatoms. The summed E-state index contributed by atoms with van der Waals surface area (Å²) >= 11 is 0. The third-order valence-corrected chi connectivity index (χ3v) is 8.05. The van der Waals surface area contributed by atoms with Gasteiger partial charge in [-0.15, -0.1) is 0 Å². The molecule has 5 bridgehead atoms. The fourth-order valence-electron chi connectivity index (χ4n) is 6.91. The van der Waals surface area contributed by atoms with E-state index in [0.29, 0.717) is 48.6 Å². The number of piperidine rings is 3. The first-order chi connectivity index (χ1) is 14.7.